The Morgan fingerprint density at radius 3 is 1.60 bits per heavy atom. The van der Waals surface area contributed by atoms with Crippen molar-refractivity contribution >= 4 is 0 Å². The molecule has 0 heterocycles. The second kappa shape index (κ2) is 4.88. The molecule has 0 aromatic carbocycles. The average molecular weight is 149 g/mol. The van der Waals surface area contributed by atoms with Crippen molar-refractivity contribution < 1.29 is 23.2 Å². The van der Waals surface area contributed by atoms with E-state index < -0.39 is 0 Å². The van der Waals surface area contributed by atoms with Gasteiger partial charge in [-0.2, -0.15) is 0 Å². The molecule has 0 saturated heterocycles. The first kappa shape index (κ1) is 5.88. The number of hydrogen-bond donors (Lipinski definition) is 0. The molecule has 1 heteroatoms. The van der Waals surface area contributed by atoms with E-state index in [9.17, 15) is 0 Å². The first-order valence-electron chi connectivity index (χ1n) is 2.12. The fraction of sp³-hybridized carbons (Fsp3) is 1.00. The van der Waals surface area contributed by atoms with E-state index in [1.54, 1.807) is 0 Å². The van der Waals surface area contributed by atoms with Gasteiger partial charge in [-0.1, -0.05) is 0 Å². The molecule has 0 nitrogen and oxygen atoms in total. The van der Waals surface area contributed by atoms with Gasteiger partial charge in [0.25, 0.3) is 0 Å². The first-order valence-corrected chi connectivity index (χ1v) is 5.60. The van der Waals surface area contributed by atoms with Crippen LogP contribution >= 0.6 is 0 Å². The molecule has 0 spiro atoms. The molecule has 0 atom stereocenters. The predicted molar refractivity (Wildman–Crippen MR) is 21.0 cm³/mol. The Hall–Kier alpha value is 0.883. The molecule has 0 aliphatic carbocycles. The van der Waals surface area contributed by atoms with Crippen molar-refractivity contribution in [3.8, 4) is 0 Å². The van der Waals surface area contributed by atoms with Gasteiger partial charge in [-0.15, -0.1) is 0 Å². The molecule has 0 aliphatic rings. The van der Waals surface area contributed by atoms with Crippen molar-refractivity contribution in [3.05, 3.63) is 0 Å². The van der Waals surface area contributed by atoms with Crippen LogP contribution in [0.4, 0.5) is 0 Å². The third-order valence-corrected chi connectivity index (χ3v) is 2.96. The summed E-state index contributed by atoms with van der Waals surface area (Å²) >= 11 is 0.218. The Kier molecular flexibility index (Phi) is 5.75. The molecule has 5 heavy (non-hydrogen) atoms. The summed E-state index contributed by atoms with van der Waals surface area (Å²) in [6.07, 6.45) is 0. The standard InChI is InChI=1S/2C2H5.Zr/c2*1-2;/h2*1H2,2H3;. The average Bonchev–Trinajstić information content (AvgIpc) is 1.41. The van der Waals surface area contributed by atoms with Crippen LogP contribution in [0, 0.1) is 0 Å². The number of hydrogen-bond acceptors (Lipinski definition) is 0. The molecule has 0 aliphatic heterocycles. The van der Waals surface area contributed by atoms with E-state index in [-0.39, 0.29) is 23.2 Å². The van der Waals surface area contributed by atoms with E-state index in [0.29, 0.717) is 0 Å². The van der Waals surface area contributed by atoms with Crippen LogP contribution in [0.1, 0.15) is 13.8 Å². The van der Waals surface area contributed by atoms with E-state index >= 15 is 0 Å². The van der Waals surface area contributed by atoms with E-state index in [1.165, 1.54) is 8.26 Å². The van der Waals surface area contributed by atoms with E-state index in [2.05, 4.69) is 13.8 Å². The molecule has 0 amide bonds. The van der Waals surface area contributed by atoms with Gasteiger partial charge in [-0.05, 0) is 0 Å². The Balaban J connectivity index is 2.19. The minimum absolute atomic E-state index is 0.218. The van der Waals surface area contributed by atoms with Gasteiger partial charge in [0.05, 0.1) is 0 Å². The van der Waals surface area contributed by atoms with Crippen LogP contribution in [0.25, 0.3) is 0 Å². The SMILES string of the molecule is C[CH2][Zr][CH2]C. The molecule has 0 rings (SSSR count). The quantitative estimate of drug-likeness (QED) is 0.563. The van der Waals surface area contributed by atoms with E-state index in [0.717, 1.165) is 0 Å². The Morgan fingerprint density at radius 1 is 1.20 bits per heavy atom. The van der Waals surface area contributed by atoms with Crippen LogP contribution in [0.5, 0.6) is 0 Å². The van der Waals surface area contributed by atoms with Crippen LogP contribution < -0.4 is 0 Å². The molecule has 0 saturated carbocycles. The van der Waals surface area contributed by atoms with Crippen molar-refractivity contribution in [2.24, 2.45) is 0 Å². The molecule has 0 aromatic heterocycles. The molecule has 0 radical (unpaired) electrons. The van der Waals surface area contributed by atoms with Gasteiger partial charge in [0.15, 0.2) is 0 Å². The first-order chi connectivity index (χ1) is 2.41. The molecule has 0 aromatic rings. The van der Waals surface area contributed by atoms with E-state index in [1.807, 2.05) is 0 Å². The summed E-state index contributed by atoms with van der Waals surface area (Å²) in [6.45, 7) is 4.57. The zero-order valence-corrected chi connectivity index (χ0v) is 6.37. The van der Waals surface area contributed by atoms with Crippen molar-refractivity contribution in [1.82, 2.24) is 0 Å². The molecule has 30 valence electrons. The predicted octanol–water partition coefficient (Wildman–Crippen LogP) is 1.95. The third kappa shape index (κ3) is 4.88. The Bertz CT molecular complexity index is 11.1. The van der Waals surface area contributed by atoms with Crippen LogP contribution in [0.2, 0.25) is 8.26 Å². The van der Waals surface area contributed by atoms with Gasteiger partial charge < -0.3 is 0 Å². The van der Waals surface area contributed by atoms with Gasteiger partial charge in [0.2, 0.25) is 0 Å². The van der Waals surface area contributed by atoms with E-state index in [4.69, 9.17) is 0 Å². The van der Waals surface area contributed by atoms with Crippen LogP contribution in [-0.2, 0) is 23.2 Å². The van der Waals surface area contributed by atoms with Gasteiger partial charge in [0.1, 0.15) is 0 Å². The second-order valence-corrected chi connectivity index (χ2v) is 5.66. The van der Waals surface area contributed by atoms with Gasteiger partial charge in [-0.3, -0.25) is 0 Å². The normalized spacial score (nSPS) is 7.60. The molecular weight excluding hydrogens is 139 g/mol. The maximum absolute atomic E-state index is 2.29. The van der Waals surface area contributed by atoms with Crippen LogP contribution in [0.15, 0.2) is 0 Å². The summed E-state index contributed by atoms with van der Waals surface area (Å²) in [7, 11) is 0. The summed E-state index contributed by atoms with van der Waals surface area (Å²) in [5, 5.41) is 0. The van der Waals surface area contributed by atoms with Crippen molar-refractivity contribution in [2.75, 3.05) is 0 Å². The molecule has 0 fully saturated rings. The zero-order chi connectivity index (χ0) is 4.12. The molecule has 0 bridgehead atoms. The fourth-order valence-corrected chi connectivity index (χ4v) is 1.48. The van der Waals surface area contributed by atoms with Crippen LogP contribution in [0.3, 0.4) is 0 Å². The molecule has 0 N–H and O–H groups in total. The Morgan fingerprint density at radius 2 is 1.60 bits per heavy atom. The third-order valence-electron chi connectivity index (χ3n) is 0.500. The maximum atomic E-state index is 2.29. The van der Waals surface area contributed by atoms with Gasteiger partial charge >= 0.3 is 45.3 Å². The van der Waals surface area contributed by atoms with Gasteiger partial charge in [0, 0.05) is 0 Å². The fourth-order valence-electron chi connectivity index (χ4n) is 0.250. The van der Waals surface area contributed by atoms with Crippen molar-refractivity contribution in [3.63, 3.8) is 0 Å². The minimum atomic E-state index is 0.218. The Labute approximate surface area is 45.5 Å². The summed E-state index contributed by atoms with van der Waals surface area (Å²) < 4.78 is 3.03. The number of rotatable bonds is 2. The molecular formula is C4H10Zr. The van der Waals surface area contributed by atoms with Gasteiger partial charge in [-0.25, -0.2) is 0 Å². The zero-order valence-electron chi connectivity index (χ0n) is 3.91. The van der Waals surface area contributed by atoms with Crippen molar-refractivity contribution in [1.29, 1.82) is 0 Å². The van der Waals surface area contributed by atoms with Crippen molar-refractivity contribution in [2.45, 2.75) is 22.1 Å². The second-order valence-electron chi connectivity index (χ2n) is 0.957. The summed E-state index contributed by atoms with van der Waals surface area (Å²) in [5.74, 6) is 0. The molecule has 0 unspecified atom stereocenters. The topological polar surface area (TPSA) is 0 Å². The monoisotopic (exact) mass is 148 g/mol. The summed E-state index contributed by atoms with van der Waals surface area (Å²) in [6, 6.07) is 0. The summed E-state index contributed by atoms with van der Waals surface area (Å²) in [5.41, 5.74) is 0. The summed E-state index contributed by atoms with van der Waals surface area (Å²) in [4.78, 5) is 0. The van der Waals surface area contributed by atoms with Crippen LogP contribution in [-0.4, -0.2) is 0 Å².